The number of anilines is 1. The first-order chi connectivity index (χ1) is 13.7. The summed E-state index contributed by atoms with van der Waals surface area (Å²) in [6, 6.07) is 13.4. The second kappa shape index (κ2) is 9.94. The molecule has 0 amide bonds. The predicted octanol–water partition coefficient (Wildman–Crippen LogP) is 1.91. The fraction of sp³-hybridized carbons (Fsp3) is 0.429. The van der Waals surface area contributed by atoms with Gasteiger partial charge in [0.05, 0.1) is 19.8 Å². The Morgan fingerprint density at radius 2 is 1.93 bits per heavy atom. The number of aliphatic imine (C=N–C) groups is 1. The van der Waals surface area contributed by atoms with Crippen molar-refractivity contribution >= 4 is 11.8 Å². The predicted molar refractivity (Wildman–Crippen MR) is 112 cm³/mol. The van der Waals surface area contributed by atoms with Gasteiger partial charge in [0.15, 0.2) is 5.96 Å². The van der Waals surface area contributed by atoms with Crippen molar-refractivity contribution in [3.05, 3.63) is 54.2 Å². The molecule has 1 atom stereocenters. The molecular formula is C21H29N5O2. The first kappa shape index (κ1) is 19.9. The van der Waals surface area contributed by atoms with E-state index in [1.165, 1.54) is 0 Å². The van der Waals surface area contributed by atoms with E-state index in [9.17, 15) is 5.11 Å². The minimum atomic E-state index is -0.644. The fourth-order valence-electron chi connectivity index (χ4n) is 3.22. The minimum Gasteiger partial charge on any atom is -0.497 e. The standard InChI is InChI=1S/C21H29N5O2/c1-3-22-21(24-16-19(27)17-7-9-18(28-2)10-8-17)26-14-12-25(13-15-26)20-6-4-5-11-23-20/h4-11,19,27H,3,12-16H2,1-2H3,(H,22,24). The van der Waals surface area contributed by atoms with E-state index in [1.54, 1.807) is 7.11 Å². The second-order valence-electron chi connectivity index (χ2n) is 6.65. The van der Waals surface area contributed by atoms with Crippen molar-refractivity contribution in [2.24, 2.45) is 4.99 Å². The summed E-state index contributed by atoms with van der Waals surface area (Å²) in [4.78, 5) is 13.6. The average Bonchev–Trinajstić information content (AvgIpc) is 2.77. The Bertz CT molecular complexity index is 743. The molecule has 7 heteroatoms. The highest BCUT2D eigenvalue weighted by atomic mass is 16.5. The Morgan fingerprint density at radius 1 is 1.18 bits per heavy atom. The van der Waals surface area contributed by atoms with Crippen LogP contribution in [0.1, 0.15) is 18.6 Å². The third-order valence-corrected chi connectivity index (χ3v) is 4.80. The van der Waals surface area contributed by atoms with Crippen LogP contribution in [-0.2, 0) is 0 Å². The van der Waals surface area contributed by atoms with Gasteiger partial charge in [-0.05, 0) is 36.8 Å². The van der Waals surface area contributed by atoms with Crippen LogP contribution >= 0.6 is 0 Å². The Hall–Kier alpha value is -2.80. The van der Waals surface area contributed by atoms with Gasteiger partial charge in [0, 0.05) is 38.9 Å². The molecule has 150 valence electrons. The van der Waals surface area contributed by atoms with E-state index in [4.69, 9.17) is 4.74 Å². The van der Waals surface area contributed by atoms with E-state index in [1.807, 2.05) is 48.7 Å². The maximum Gasteiger partial charge on any atom is 0.194 e. The summed E-state index contributed by atoms with van der Waals surface area (Å²) in [7, 11) is 1.63. The maximum absolute atomic E-state index is 10.5. The lowest BCUT2D eigenvalue weighted by molar-refractivity contribution is 0.186. The van der Waals surface area contributed by atoms with Crippen LogP contribution in [-0.4, -0.2) is 67.3 Å². The molecule has 0 bridgehead atoms. The summed E-state index contributed by atoms with van der Waals surface area (Å²) >= 11 is 0. The van der Waals surface area contributed by atoms with Gasteiger partial charge >= 0.3 is 0 Å². The number of methoxy groups -OCH3 is 1. The Morgan fingerprint density at radius 3 is 2.54 bits per heavy atom. The van der Waals surface area contributed by atoms with Crippen LogP contribution in [0.15, 0.2) is 53.7 Å². The van der Waals surface area contributed by atoms with Gasteiger partial charge in [0.25, 0.3) is 0 Å². The van der Waals surface area contributed by atoms with Crippen molar-refractivity contribution in [2.75, 3.05) is 51.3 Å². The Labute approximate surface area is 166 Å². The van der Waals surface area contributed by atoms with Crippen LogP contribution in [0.25, 0.3) is 0 Å². The number of rotatable bonds is 6. The average molecular weight is 383 g/mol. The monoisotopic (exact) mass is 383 g/mol. The normalized spacial score (nSPS) is 16.0. The Balaban J connectivity index is 1.59. The molecule has 7 nitrogen and oxygen atoms in total. The highest BCUT2D eigenvalue weighted by Crippen LogP contribution is 2.18. The molecule has 1 saturated heterocycles. The SMILES string of the molecule is CCNC(=NCC(O)c1ccc(OC)cc1)N1CCN(c2ccccn2)CC1. The quantitative estimate of drug-likeness (QED) is 0.586. The number of hydrogen-bond acceptors (Lipinski definition) is 5. The summed E-state index contributed by atoms with van der Waals surface area (Å²) in [6.45, 7) is 6.67. The fourth-order valence-corrected chi connectivity index (χ4v) is 3.22. The van der Waals surface area contributed by atoms with Crippen LogP contribution in [0.5, 0.6) is 5.75 Å². The lowest BCUT2D eigenvalue weighted by Gasteiger charge is -2.37. The van der Waals surface area contributed by atoms with E-state index in [0.29, 0.717) is 6.54 Å². The highest BCUT2D eigenvalue weighted by Gasteiger charge is 2.20. The van der Waals surface area contributed by atoms with Gasteiger partial charge in [0.2, 0.25) is 0 Å². The number of nitrogens with zero attached hydrogens (tertiary/aromatic N) is 4. The molecule has 1 unspecified atom stereocenters. The summed E-state index contributed by atoms with van der Waals surface area (Å²) in [5.41, 5.74) is 0.834. The number of aromatic nitrogens is 1. The summed E-state index contributed by atoms with van der Waals surface area (Å²) in [6.07, 6.45) is 1.18. The van der Waals surface area contributed by atoms with Crippen LogP contribution in [0, 0.1) is 0 Å². The lowest BCUT2D eigenvalue weighted by Crippen LogP contribution is -2.52. The van der Waals surface area contributed by atoms with E-state index >= 15 is 0 Å². The molecule has 1 aliphatic rings. The zero-order valence-electron chi connectivity index (χ0n) is 16.6. The second-order valence-corrected chi connectivity index (χ2v) is 6.65. The number of nitrogens with one attached hydrogen (secondary N) is 1. The van der Waals surface area contributed by atoms with E-state index < -0.39 is 6.10 Å². The van der Waals surface area contributed by atoms with Crippen molar-refractivity contribution < 1.29 is 9.84 Å². The topological polar surface area (TPSA) is 73.2 Å². The molecule has 0 saturated carbocycles. The number of guanidine groups is 1. The number of piperazine rings is 1. The molecular weight excluding hydrogens is 354 g/mol. The van der Waals surface area contributed by atoms with Gasteiger partial charge in [-0.1, -0.05) is 18.2 Å². The molecule has 0 aliphatic carbocycles. The summed E-state index contributed by atoms with van der Waals surface area (Å²) in [5.74, 6) is 2.63. The van der Waals surface area contributed by atoms with Crippen molar-refractivity contribution in [1.82, 2.24) is 15.2 Å². The Kier molecular flexibility index (Phi) is 7.08. The van der Waals surface area contributed by atoms with E-state index in [2.05, 4.69) is 32.0 Å². The third-order valence-electron chi connectivity index (χ3n) is 4.80. The van der Waals surface area contributed by atoms with Gasteiger partial charge in [-0.3, -0.25) is 4.99 Å². The van der Waals surface area contributed by atoms with Gasteiger partial charge < -0.3 is 25.0 Å². The number of benzene rings is 1. The van der Waals surface area contributed by atoms with Gasteiger partial charge in [0.1, 0.15) is 11.6 Å². The molecule has 0 radical (unpaired) electrons. The zero-order valence-corrected chi connectivity index (χ0v) is 16.6. The summed E-state index contributed by atoms with van der Waals surface area (Å²) < 4.78 is 5.16. The zero-order chi connectivity index (χ0) is 19.8. The highest BCUT2D eigenvalue weighted by molar-refractivity contribution is 5.80. The largest absolute Gasteiger partial charge is 0.497 e. The third kappa shape index (κ3) is 5.13. The molecule has 1 fully saturated rings. The number of ether oxygens (including phenoxy) is 1. The molecule has 0 spiro atoms. The first-order valence-electron chi connectivity index (χ1n) is 9.72. The lowest BCUT2D eigenvalue weighted by atomic mass is 10.1. The van der Waals surface area contributed by atoms with Crippen molar-refractivity contribution in [2.45, 2.75) is 13.0 Å². The minimum absolute atomic E-state index is 0.315. The molecule has 1 aliphatic heterocycles. The van der Waals surface area contributed by atoms with Gasteiger partial charge in [-0.25, -0.2) is 4.98 Å². The number of aliphatic hydroxyl groups is 1. The van der Waals surface area contributed by atoms with Crippen molar-refractivity contribution in [3.8, 4) is 5.75 Å². The number of aliphatic hydroxyl groups excluding tert-OH is 1. The van der Waals surface area contributed by atoms with E-state index in [0.717, 1.165) is 55.8 Å². The van der Waals surface area contributed by atoms with Crippen LogP contribution in [0.2, 0.25) is 0 Å². The van der Waals surface area contributed by atoms with Crippen LogP contribution in [0.3, 0.4) is 0 Å². The molecule has 3 rings (SSSR count). The molecule has 2 N–H and O–H groups in total. The summed E-state index contributed by atoms with van der Waals surface area (Å²) in [5, 5.41) is 13.8. The van der Waals surface area contributed by atoms with Crippen molar-refractivity contribution in [1.29, 1.82) is 0 Å². The first-order valence-corrected chi connectivity index (χ1v) is 9.72. The van der Waals surface area contributed by atoms with Gasteiger partial charge in [-0.15, -0.1) is 0 Å². The number of pyridine rings is 1. The molecule has 28 heavy (non-hydrogen) atoms. The smallest absolute Gasteiger partial charge is 0.194 e. The molecule has 2 aromatic rings. The van der Waals surface area contributed by atoms with Crippen molar-refractivity contribution in [3.63, 3.8) is 0 Å². The number of hydrogen-bond donors (Lipinski definition) is 2. The molecule has 1 aromatic carbocycles. The van der Waals surface area contributed by atoms with E-state index in [-0.39, 0.29) is 0 Å². The van der Waals surface area contributed by atoms with Crippen LogP contribution < -0.4 is 15.0 Å². The van der Waals surface area contributed by atoms with Crippen LogP contribution in [0.4, 0.5) is 5.82 Å². The molecule has 1 aromatic heterocycles. The maximum atomic E-state index is 10.5. The van der Waals surface area contributed by atoms with Gasteiger partial charge in [-0.2, -0.15) is 0 Å². The molecule has 2 heterocycles.